The lowest BCUT2D eigenvalue weighted by Crippen LogP contribution is -2.46. The normalized spacial score (nSPS) is 12.9. The van der Waals surface area contributed by atoms with Gasteiger partial charge in [-0.25, -0.2) is 4.39 Å². The average Bonchev–Trinajstić information content (AvgIpc) is 2.09. The van der Waals surface area contributed by atoms with Gasteiger partial charge in [0.05, 0.1) is 8.07 Å². The van der Waals surface area contributed by atoms with Crippen molar-refractivity contribution in [2.75, 3.05) is 0 Å². The zero-order valence-electron chi connectivity index (χ0n) is 9.60. The van der Waals surface area contributed by atoms with Gasteiger partial charge in [0.2, 0.25) is 0 Å². The molecule has 0 aliphatic heterocycles. The molecule has 1 aromatic rings. The molecule has 0 amide bonds. The first-order valence-electron chi connectivity index (χ1n) is 4.98. The molecule has 0 saturated heterocycles. The molecule has 0 radical (unpaired) electrons. The molecule has 0 nitrogen and oxygen atoms in total. The first kappa shape index (κ1) is 11.9. The summed E-state index contributed by atoms with van der Waals surface area (Å²) in [7, 11) is -1.62. The molecule has 0 fully saturated rings. The molecular weight excluding hydrogens is 203 g/mol. The summed E-state index contributed by atoms with van der Waals surface area (Å²) in [5, 5.41) is 2.14. The lowest BCUT2D eigenvalue weighted by atomic mass is 10.2. The molecule has 0 unspecified atom stereocenters. The molecule has 1 rings (SSSR count). The van der Waals surface area contributed by atoms with Crippen LogP contribution >= 0.6 is 0 Å². The third kappa shape index (κ3) is 2.45. The van der Waals surface area contributed by atoms with Gasteiger partial charge in [0.1, 0.15) is 5.82 Å². The quantitative estimate of drug-likeness (QED) is 0.666. The van der Waals surface area contributed by atoms with Crippen molar-refractivity contribution in [3.63, 3.8) is 0 Å². The fourth-order valence-electron chi connectivity index (χ4n) is 1.51. The minimum absolute atomic E-state index is 0.124. The van der Waals surface area contributed by atoms with Crippen molar-refractivity contribution in [2.24, 2.45) is 0 Å². The molecule has 0 heterocycles. The summed E-state index contributed by atoms with van der Waals surface area (Å²) in [6, 6.07) is 3.75. The van der Waals surface area contributed by atoms with Crippen molar-refractivity contribution in [1.29, 1.82) is 0 Å². The smallest absolute Gasteiger partial charge is 0.130 e. The van der Waals surface area contributed by atoms with E-state index in [1.807, 2.05) is 12.1 Å². The van der Waals surface area contributed by atoms with Crippen LogP contribution in [0.25, 0.3) is 12.7 Å². The maximum Gasteiger partial charge on any atom is 0.130 e. The van der Waals surface area contributed by atoms with Crippen LogP contribution in [0.15, 0.2) is 24.8 Å². The monoisotopic (exact) mass is 220 g/mol. The number of benzene rings is 1. The Kier molecular flexibility index (Phi) is 3.30. The highest BCUT2D eigenvalue weighted by atomic mass is 28.3. The number of hydrogen-bond donors (Lipinski definition) is 0. The van der Waals surface area contributed by atoms with Gasteiger partial charge in [0, 0.05) is 5.22 Å². The number of rotatable bonds is 2. The Balaban J connectivity index is 3.64. The third-order valence-corrected chi connectivity index (χ3v) is 4.36. The lowest BCUT2D eigenvalue weighted by Gasteiger charge is -2.17. The minimum Gasteiger partial charge on any atom is -0.206 e. The fourth-order valence-corrected chi connectivity index (χ4v) is 2.89. The zero-order chi connectivity index (χ0) is 11.6. The third-order valence-electron chi connectivity index (χ3n) is 2.36. The van der Waals surface area contributed by atoms with Gasteiger partial charge in [-0.2, -0.15) is 0 Å². The Bertz CT molecular complexity index is 480. The minimum atomic E-state index is -1.62. The Hall–Kier alpha value is -1.15. The number of halogens is 1. The van der Waals surface area contributed by atoms with Crippen molar-refractivity contribution >= 4 is 25.9 Å². The van der Waals surface area contributed by atoms with Crippen LogP contribution in [0.4, 0.5) is 4.39 Å². The molecule has 15 heavy (non-hydrogen) atoms. The van der Waals surface area contributed by atoms with Crippen molar-refractivity contribution < 1.29 is 4.39 Å². The van der Waals surface area contributed by atoms with E-state index in [1.54, 1.807) is 12.2 Å². The summed E-state index contributed by atoms with van der Waals surface area (Å²) in [6.07, 6.45) is 3.28. The topological polar surface area (TPSA) is 0 Å². The second kappa shape index (κ2) is 4.15. The Labute approximate surface area is 91.5 Å². The van der Waals surface area contributed by atoms with Crippen molar-refractivity contribution in [1.82, 2.24) is 0 Å². The molecule has 0 aliphatic rings. The van der Waals surface area contributed by atoms with Gasteiger partial charge >= 0.3 is 0 Å². The zero-order valence-corrected chi connectivity index (χ0v) is 10.6. The molecule has 0 bridgehead atoms. The van der Waals surface area contributed by atoms with E-state index >= 15 is 0 Å². The molecule has 80 valence electrons. The SMILES string of the molecule is C=C/C=c1/c(F)c([Si](C)(C)C)ccc1=C. The highest BCUT2D eigenvalue weighted by Gasteiger charge is 2.20. The summed E-state index contributed by atoms with van der Waals surface area (Å²) in [4.78, 5) is 0. The van der Waals surface area contributed by atoms with E-state index in [0.717, 1.165) is 10.4 Å². The highest BCUT2D eigenvalue weighted by molar-refractivity contribution is 6.88. The highest BCUT2D eigenvalue weighted by Crippen LogP contribution is 2.01. The van der Waals surface area contributed by atoms with E-state index in [4.69, 9.17) is 0 Å². The molecule has 0 aliphatic carbocycles. The van der Waals surface area contributed by atoms with Crippen LogP contribution in [0.1, 0.15) is 0 Å². The Morgan fingerprint density at radius 1 is 1.27 bits per heavy atom. The van der Waals surface area contributed by atoms with E-state index in [2.05, 4.69) is 32.8 Å². The standard InChI is InChI=1S/C13H17FSi/c1-6-7-11-10(2)8-9-12(13(11)14)15(3,4)5/h6-9H,1-2H2,3-5H3/b11-7+. The second-order valence-electron chi connectivity index (χ2n) is 4.65. The van der Waals surface area contributed by atoms with Crippen LogP contribution in [0.5, 0.6) is 0 Å². The summed E-state index contributed by atoms with van der Waals surface area (Å²) < 4.78 is 14.1. The van der Waals surface area contributed by atoms with Crippen LogP contribution in [-0.4, -0.2) is 8.07 Å². The van der Waals surface area contributed by atoms with E-state index in [-0.39, 0.29) is 5.82 Å². The van der Waals surface area contributed by atoms with E-state index in [9.17, 15) is 4.39 Å². The summed E-state index contributed by atoms with van der Waals surface area (Å²) in [5.41, 5.74) is 0. The maximum absolute atomic E-state index is 14.1. The van der Waals surface area contributed by atoms with Gasteiger partial charge in [-0.05, 0) is 10.4 Å². The molecule has 0 atom stereocenters. The van der Waals surface area contributed by atoms with Crippen LogP contribution in [-0.2, 0) is 0 Å². The molecule has 1 aromatic carbocycles. The van der Waals surface area contributed by atoms with Gasteiger partial charge in [-0.1, -0.05) is 57.1 Å². The summed E-state index contributed by atoms with van der Waals surface area (Å²) in [6.45, 7) is 13.8. The predicted octanol–water partition coefficient (Wildman–Crippen LogP) is 1.75. The average molecular weight is 220 g/mol. The number of allylic oxidation sites excluding steroid dienone is 1. The van der Waals surface area contributed by atoms with Gasteiger partial charge < -0.3 is 0 Å². The van der Waals surface area contributed by atoms with E-state index < -0.39 is 8.07 Å². The lowest BCUT2D eigenvalue weighted by molar-refractivity contribution is 0.625. The molecule has 2 heteroatoms. The van der Waals surface area contributed by atoms with Crippen LogP contribution in [0.2, 0.25) is 19.6 Å². The fraction of sp³-hybridized carbons (Fsp3) is 0.231. The molecular formula is C13H17FSi. The van der Waals surface area contributed by atoms with Crippen molar-refractivity contribution in [3.8, 4) is 0 Å². The molecule has 0 N–H and O–H groups in total. The molecule has 0 saturated carbocycles. The molecule has 0 aromatic heterocycles. The van der Waals surface area contributed by atoms with Crippen LogP contribution < -0.4 is 15.6 Å². The first-order chi connectivity index (χ1) is 6.88. The second-order valence-corrected chi connectivity index (χ2v) is 9.69. The summed E-state index contributed by atoms with van der Waals surface area (Å²) >= 11 is 0. The van der Waals surface area contributed by atoms with Crippen molar-refractivity contribution in [2.45, 2.75) is 19.6 Å². The van der Waals surface area contributed by atoms with E-state index in [1.165, 1.54) is 0 Å². The van der Waals surface area contributed by atoms with Gasteiger partial charge in [-0.15, -0.1) is 0 Å². The maximum atomic E-state index is 14.1. The van der Waals surface area contributed by atoms with Gasteiger partial charge in [0.25, 0.3) is 0 Å². The van der Waals surface area contributed by atoms with Gasteiger partial charge in [0.15, 0.2) is 0 Å². The number of hydrogen-bond acceptors (Lipinski definition) is 0. The first-order valence-corrected chi connectivity index (χ1v) is 8.48. The Morgan fingerprint density at radius 2 is 1.87 bits per heavy atom. The van der Waals surface area contributed by atoms with Crippen LogP contribution in [0.3, 0.4) is 0 Å². The summed E-state index contributed by atoms with van der Waals surface area (Å²) in [5.74, 6) is -0.124. The van der Waals surface area contributed by atoms with Gasteiger partial charge in [-0.3, -0.25) is 0 Å². The van der Waals surface area contributed by atoms with E-state index in [0.29, 0.717) is 5.22 Å². The molecule has 0 spiro atoms. The Morgan fingerprint density at radius 3 is 2.33 bits per heavy atom. The van der Waals surface area contributed by atoms with Crippen molar-refractivity contribution in [3.05, 3.63) is 41.0 Å². The largest absolute Gasteiger partial charge is 0.206 e. The van der Waals surface area contributed by atoms with Crippen LogP contribution in [0, 0.1) is 5.82 Å². The predicted molar refractivity (Wildman–Crippen MR) is 68.8 cm³/mol.